The van der Waals surface area contributed by atoms with E-state index in [0.717, 1.165) is 16.7 Å². The Morgan fingerprint density at radius 1 is 0.949 bits per heavy atom. The Bertz CT molecular complexity index is 1650. The van der Waals surface area contributed by atoms with E-state index in [4.69, 9.17) is 9.47 Å². The SMILES string of the molecule is CCOc1cc(F)cc(-c2ccc(C(=O)NS(=O)(=O)c3cccc(C)n3)c(Oc3c(C)cc(C)cc3C)n2)c1. The Balaban J connectivity index is 1.80. The first kappa shape index (κ1) is 27.7. The summed E-state index contributed by atoms with van der Waals surface area (Å²) in [6.45, 7) is 9.44. The van der Waals surface area contributed by atoms with Gasteiger partial charge < -0.3 is 9.47 Å². The highest BCUT2D eigenvalue weighted by Gasteiger charge is 2.25. The van der Waals surface area contributed by atoms with E-state index in [1.54, 1.807) is 26.0 Å². The molecular weight excluding hydrogens is 521 g/mol. The number of sulfonamides is 1. The van der Waals surface area contributed by atoms with Gasteiger partial charge in [-0.3, -0.25) is 4.79 Å². The van der Waals surface area contributed by atoms with Crippen molar-refractivity contribution in [1.82, 2.24) is 14.7 Å². The summed E-state index contributed by atoms with van der Waals surface area (Å²) in [5, 5.41) is -0.295. The first-order valence-corrected chi connectivity index (χ1v) is 13.7. The smallest absolute Gasteiger partial charge is 0.281 e. The van der Waals surface area contributed by atoms with Crippen LogP contribution in [0.5, 0.6) is 17.4 Å². The van der Waals surface area contributed by atoms with Gasteiger partial charge >= 0.3 is 0 Å². The van der Waals surface area contributed by atoms with Gasteiger partial charge in [0.1, 0.15) is 22.9 Å². The average Bonchev–Trinajstić information content (AvgIpc) is 2.85. The molecule has 202 valence electrons. The molecule has 0 unspecified atom stereocenters. The standard InChI is InChI=1S/C29H28FN3O5S/c1-6-37-23-15-21(14-22(30)16-23)25-11-10-24(28(34)33-39(35,36)26-9-7-8-20(5)31-26)29(32-25)38-27-18(3)12-17(2)13-19(27)4/h7-16H,6H2,1-5H3,(H,33,34). The molecule has 0 aliphatic heterocycles. The lowest BCUT2D eigenvalue weighted by molar-refractivity contribution is 0.0978. The summed E-state index contributed by atoms with van der Waals surface area (Å²) in [4.78, 5) is 21.8. The predicted molar refractivity (Wildman–Crippen MR) is 145 cm³/mol. The number of nitrogens with zero attached hydrogens (tertiary/aromatic N) is 2. The van der Waals surface area contributed by atoms with Crippen LogP contribution >= 0.6 is 0 Å². The van der Waals surface area contributed by atoms with Gasteiger partial charge in [-0.15, -0.1) is 0 Å². The molecule has 0 spiro atoms. The van der Waals surface area contributed by atoms with E-state index >= 15 is 0 Å². The molecule has 4 aromatic rings. The van der Waals surface area contributed by atoms with Gasteiger partial charge in [-0.2, -0.15) is 8.42 Å². The molecule has 2 heterocycles. The zero-order valence-corrected chi connectivity index (χ0v) is 23.0. The number of benzene rings is 2. The van der Waals surface area contributed by atoms with E-state index in [1.165, 1.54) is 36.4 Å². The van der Waals surface area contributed by atoms with Crippen LogP contribution in [0.2, 0.25) is 0 Å². The molecule has 0 bridgehead atoms. The second-order valence-corrected chi connectivity index (χ2v) is 10.7. The monoisotopic (exact) mass is 549 g/mol. The number of ether oxygens (including phenoxy) is 2. The third-order valence-corrected chi connectivity index (χ3v) is 6.98. The number of aryl methyl sites for hydroxylation is 4. The van der Waals surface area contributed by atoms with Crippen LogP contribution < -0.4 is 14.2 Å². The summed E-state index contributed by atoms with van der Waals surface area (Å²) < 4.78 is 53.8. The number of amides is 1. The largest absolute Gasteiger partial charge is 0.494 e. The molecule has 0 fully saturated rings. The molecule has 8 nitrogen and oxygen atoms in total. The van der Waals surface area contributed by atoms with Crippen molar-refractivity contribution < 1.29 is 27.1 Å². The molecule has 4 rings (SSSR count). The maximum atomic E-state index is 14.3. The lowest BCUT2D eigenvalue weighted by Crippen LogP contribution is -2.31. The normalized spacial score (nSPS) is 11.2. The summed E-state index contributed by atoms with van der Waals surface area (Å²) in [5.41, 5.74) is 3.66. The fraction of sp³-hybridized carbons (Fsp3) is 0.207. The van der Waals surface area contributed by atoms with Crippen molar-refractivity contribution >= 4 is 15.9 Å². The molecule has 39 heavy (non-hydrogen) atoms. The summed E-state index contributed by atoms with van der Waals surface area (Å²) in [5.74, 6) is -0.833. The second-order valence-electron chi connectivity index (χ2n) is 9.04. The topological polar surface area (TPSA) is 107 Å². The summed E-state index contributed by atoms with van der Waals surface area (Å²) in [6, 6.07) is 15.3. The number of rotatable bonds is 8. The van der Waals surface area contributed by atoms with E-state index in [0.29, 0.717) is 35.1 Å². The maximum Gasteiger partial charge on any atom is 0.281 e. The summed E-state index contributed by atoms with van der Waals surface area (Å²) in [7, 11) is -4.28. The first-order valence-electron chi connectivity index (χ1n) is 12.2. The highest BCUT2D eigenvalue weighted by Crippen LogP contribution is 2.33. The number of pyridine rings is 2. The number of carbonyl (C=O) groups is 1. The predicted octanol–water partition coefficient (Wildman–Crippen LogP) is 5.83. The summed E-state index contributed by atoms with van der Waals surface area (Å²) >= 11 is 0. The van der Waals surface area contributed by atoms with Crippen LogP contribution in [0, 0.1) is 33.5 Å². The minimum atomic E-state index is -4.28. The number of nitrogens with one attached hydrogen (secondary N) is 1. The van der Waals surface area contributed by atoms with Crippen LogP contribution in [0.1, 0.15) is 39.7 Å². The number of hydrogen-bond acceptors (Lipinski definition) is 7. The highest BCUT2D eigenvalue weighted by atomic mass is 32.2. The Hall–Kier alpha value is -4.31. The Kier molecular flexibility index (Phi) is 7.96. The maximum absolute atomic E-state index is 14.3. The molecular formula is C29H28FN3O5S. The van der Waals surface area contributed by atoms with Gasteiger partial charge in [0.05, 0.1) is 12.3 Å². The third kappa shape index (κ3) is 6.40. The molecule has 0 aliphatic rings. The molecule has 2 aromatic heterocycles. The Morgan fingerprint density at radius 3 is 2.33 bits per heavy atom. The average molecular weight is 550 g/mol. The number of carbonyl (C=O) groups excluding carboxylic acids is 1. The minimum absolute atomic E-state index is 0.129. The van der Waals surface area contributed by atoms with Gasteiger partial charge in [0.25, 0.3) is 15.9 Å². The molecule has 0 aliphatic carbocycles. The van der Waals surface area contributed by atoms with Gasteiger partial charge in [0.2, 0.25) is 5.88 Å². The van der Waals surface area contributed by atoms with E-state index in [2.05, 4.69) is 9.97 Å². The van der Waals surface area contributed by atoms with Gasteiger partial charge in [-0.05, 0) is 82.1 Å². The molecule has 1 N–H and O–H groups in total. The lowest BCUT2D eigenvalue weighted by Gasteiger charge is -2.16. The van der Waals surface area contributed by atoms with E-state index in [1.807, 2.05) is 37.6 Å². The molecule has 1 amide bonds. The number of hydrogen-bond donors (Lipinski definition) is 1. The molecule has 0 saturated carbocycles. The first-order chi connectivity index (χ1) is 18.5. The fourth-order valence-electron chi connectivity index (χ4n) is 4.13. The molecule has 0 saturated heterocycles. The molecule has 0 atom stereocenters. The van der Waals surface area contributed by atoms with Crippen molar-refractivity contribution in [2.24, 2.45) is 0 Å². The van der Waals surface area contributed by atoms with Gasteiger partial charge in [-0.1, -0.05) is 23.8 Å². The Labute approximate surface area is 226 Å². The highest BCUT2D eigenvalue weighted by molar-refractivity contribution is 7.90. The van der Waals surface area contributed by atoms with Gasteiger partial charge in [-0.25, -0.2) is 19.1 Å². The van der Waals surface area contributed by atoms with E-state index < -0.39 is 21.7 Å². The zero-order chi connectivity index (χ0) is 28.3. The second kappa shape index (κ2) is 11.2. The molecule has 0 radical (unpaired) electrons. The fourth-order valence-corrected chi connectivity index (χ4v) is 5.11. The Morgan fingerprint density at radius 2 is 1.67 bits per heavy atom. The number of halogens is 1. The number of aromatic nitrogens is 2. The van der Waals surface area contributed by atoms with Crippen LogP contribution in [0.3, 0.4) is 0 Å². The van der Waals surface area contributed by atoms with Crippen molar-refractivity contribution in [2.75, 3.05) is 6.61 Å². The van der Waals surface area contributed by atoms with Crippen molar-refractivity contribution in [1.29, 1.82) is 0 Å². The van der Waals surface area contributed by atoms with Crippen LogP contribution in [0.25, 0.3) is 11.3 Å². The van der Waals surface area contributed by atoms with Gasteiger partial charge in [0, 0.05) is 17.3 Å². The van der Waals surface area contributed by atoms with Crippen LogP contribution in [0.15, 0.2) is 65.7 Å². The molecule has 10 heteroatoms. The van der Waals surface area contributed by atoms with Crippen LogP contribution in [0.4, 0.5) is 4.39 Å². The lowest BCUT2D eigenvalue weighted by atomic mass is 10.1. The minimum Gasteiger partial charge on any atom is -0.494 e. The van der Waals surface area contributed by atoms with E-state index in [9.17, 15) is 17.6 Å². The van der Waals surface area contributed by atoms with Crippen LogP contribution in [-0.4, -0.2) is 30.9 Å². The zero-order valence-electron chi connectivity index (χ0n) is 22.2. The quantitative estimate of drug-likeness (QED) is 0.295. The third-order valence-electron chi connectivity index (χ3n) is 5.75. The van der Waals surface area contributed by atoms with E-state index in [-0.39, 0.29) is 16.5 Å². The van der Waals surface area contributed by atoms with Gasteiger partial charge in [0.15, 0.2) is 5.03 Å². The summed E-state index contributed by atoms with van der Waals surface area (Å²) in [6.07, 6.45) is 0. The van der Waals surface area contributed by atoms with Crippen molar-refractivity contribution in [3.63, 3.8) is 0 Å². The molecule has 2 aromatic carbocycles. The van der Waals surface area contributed by atoms with Crippen LogP contribution in [-0.2, 0) is 10.0 Å². The van der Waals surface area contributed by atoms with Crippen molar-refractivity contribution in [3.05, 3.63) is 94.4 Å². The van der Waals surface area contributed by atoms with Crippen molar-refractivity contribution in [2.45, 2.75) is 39.6 Å². The van der Waals surface area contributed by atoms with Crippen molar-refractivity contribution in [3.8, 4) is 28.6 Å².